The van der Waals surface area contributed by atoms with Gasteiger partial charge in [0.05, 0.1) is 11.3 Å². The Hall–Kier alpha value is -3.35. The first kappa shape index (κ1) is 22.8. The first-order valence-corrected chi connectivity index (χ1v) is 11.6. The third-order valence-electron chi connectivity index (χ3n) is 5.82. The maximum atomic E-state index is 12.5. The molecule has 4 rings (SSSR count). The zero-order valence-electron chi connectivity index (χ0n) is 19.8. The van der Waals surface area contributed by atoms with Gasteiger partial charge in [-0.1, -0.05) is 24.3 Å². The number of piperidine rings is 1. The summed E-state index contributed by atoms with van der Waals surface area (Å²) in [5, 5.41) is 8.45. The highest BCUT2D eigenvalue weighted by Gasteiger charge is 2.28. The molecule has 0 bridgehead atoms. The average Bonchev–Trinajstić information content (AvgIpc) is 3.23. The van der Waals surface area contributed by atoms with Crippen LogP contribution in [-0.2, 0) is 4.74 Å². The van der Waals surface area contributed by atoms with Crippen LogP contribution < -0.4 is 5.32 Å². The lowest BCUT2D eigenvalue weighted by Gasteiger charge is -2.34. The van der Waals surface area contributed by atoms with Crippen LogP contribution in [0.4, 0.5) is 4.79 Å². The number of fused-ring (bicyclic) bond motifs is 1. The van der Waals surface area contributed by atoms with Crippen molar-refractivity contribution in [2.24, 2.45) is 0 Å². The van der Waals surface area contributed by atoms with Crippen molar-refractivity contribution in [3.8, 4) is 5.69 Å². The number of benzene rings is 2. The second kappa shape index (κ2) is 9.25. The van der Waals surface area contributed by atoms with Gasteiger partial charge >= 0.3 is 6.09 Å². The lowest BCUT2D eigenvalue weighted by Crippen LogP contribution is -2.42. The monoisotopic (exact) mass is 448 g/mol. The van der Waals surface area contributed by atoms with Crippen molar-refractivity contribution in [1.82, 2.24) is 20.0 Å². The summed E-state index contributed by atoms with van der Waals surface area (Å²) in [6.07, 6.45) is 3.70. The van der Waals surface area contributed by atoms with E-state index in [1.807, 2.05) is 67.7 Å². The van der Waals surface area contributed by atoms with Gasteiger partial charge in [-0.05, 0) is 64.3 Å². The zero-order chi connectivity index (χ0) is 23.6. The standard InChI is InChI=1S/C26H32N4O3/c1-5-27-24(31)22-10-6-8-20-17-30(28-23(20)22)21-13-11-18(12-14-21)19-9-7-15-29(16-19)25(32)33-26(2,3)4/h6,8,10-14,17,19H,5,7,9,15-16H2,1-4H3,(H,27,31)/t19-/m1/s1. The zero-order valence-corrected chi connectivity index (χ0v) is 19.8. The summed E-state index contributed by atoms with van der Waals surface area (Å²) in [5.41, 5.74) is 2.90. The first-order chi connectivity index (χ1) is 15.7. The minimum atomic E-state index is -0.490. The fraction of sp³-hybridized carbons (Fsp3) is 0.423. The summed E-state index contributed by atoms with van der Waals surface area (Å²) in [6, 6.07) is 13.9. The van der Waals surface area contributed by atoms with E-state index in [9.17, 15) is 9.59 Å². The number of carbonyl (C=O) groups excluding carboxylic acids is 2. The molecule has 1 fully saturated rings. The number of nitrogens with one attached hydrogen (secondary N) is 1. The van der Waals surface area contributed by atoms with Crippen molar-refractivity contribution in [3.05, 3.63) is 59.8 Å². The number of amides is 2. The van der Waals surface area contributed by atoms with Crippen LogP contribution in [0.15, 0.2) is 48.7 Å². The minimum absolute atomic E-state index is 0.115. The number of carbonyl (C=O) groups is 2. The Bertz CT molecular complexity index is 1140. The molecule has 0 unspecified atom stereocenters. The van der Waals surface area contributed by atoms with Crippen LogP contribution in [-0.4, -0.2) is 51.9 Å². The molecule has 1 atom stereocenters. The summed E-state index contributed by atoms with van der Waals surface area (Å²) in [5.74, 6) is 0.164. The molecular formula is C26H32N4O3. The molecule has 1 saturated heterocycles. The first-order valence-electron chi connectivity index (χ1n) is 11.6. The van der Waals surface area contributed by atoms with E-state index in [4.69, 9.17) is 4.74 Å². The van der Waals surface area contributed by atoms with Crippen molar-refractivity contribution in [3.63, 3.8) is 0 Å². The van der Waals surface area contributed by atoms with Crippen LogP contribution in [0, 0.1) is 0 Å². The molecule has 1 aliphatic rings. The van der Waals surface area contributed by atoms with Gasteiger partial charge < -0.3 is 15.0 Å². The number of rotatable bonds is 4. The van der Waals surface area contributed by atoms with Crippen molar-refractivity contribution in [2.45, 2.75) is 52.1 Å². The van der Waals surface area contributed by atoms with Crippen LogP contribution in [0.2, 0.25) is 0 Å². The molecular weight excluding hydrogens is 416 g/mol. The van der Waals surface area contributed by atoms with Gasteiger partial charge in [0.25, 0.3) is 5.91 Å². The fourth-order valence-electron chi connectivity index (χ4n) is 4.26. The molecule has 33 heavy (non-hydrogen) atoms. The van der Waals surface area contributed by atoms with E-state index in [1.54, 1.807) is 6.07 Å². The number of aromatic nitrogens is 2. The molecule has 0 radical (unpaired) electrons. The SMILES string of the molecule is CCNC(=O)c1cccc2cn(-c3ccc([C@@H]4CCCN(C(=O)OC(C)(C)C)C4)cc3)nc12. The van der Waals surface area contributed by atoms with Gasteiger partial charge in [-0.2, -0.15) is 5.10 Å². The van der Waals surface area contributed by atoms with Gasteiger partial charge in [-0.25, -0.2) is 9.48 Å². The van der Waals surface area contributed by atoms with Gasteiger partial charge in [0.15, 0.2) is 0 Å². The van der Waals surface area contributed by atoms with Crippen LogP contribution in [0.3, 0.4) is 0 Å². The Morgan fingerprint density at radius 2 is 1.91 bits per heavy atom. The highest BCUT2D eigenvalue weighted by Crippen LogP contribution is 2.29. The molecule has 2 amide bonds. The number of likely N-dealkylation sites (tertiary alicyclic amines) is 1. The predicted octanol–water partition coefficient (Wildman–Crippen LogP) is 4.89. The van der Waals surface area contributed by atoms with Crippen molar-refractivity contribution in [2.75, 3.05) is 19.6 Å². The van der Waals surface area contributed by atoms with Gasteiger partial charge in [-0.15, -0.1) is 0 Å². The summed E-state index contributed by atoms with van der Waals surface area (Å²) in [4.78, 5) is 26.7. The summed E-state index contributed by atoms with van der Waals surface area (Å²) < 4.78 is 7.37. The molecule has 0 aliphatic carbocycles. The fourth-order valence-corrected chi connectivity index (χ4v) is 4.26. The van der Waals surface area contributed by atoms with Gasteiger partial charge in [0.1, 0.15) is 11.1 Å². The number of hydrogen-bond acceptors (Lipinski definition) is 4. The molecule has 1 aliphatic heterocycles. The Balaban J connectivity index is 1.51. The Morgan fingerprint density at radius 1 is 1.15 bits per heavy atom. The highest BCUT2D eigenvalue weighted by atomic mass is 16.6. The van der Waals surface area contributed by atoms with E-state index in [2.05, 4.69) is 22.5 Å². The van der Waals surface area contributed by atoms with E-state index in [0.29, 0.717) is 24.2 Å². The molecule has 174 valence electrons. The number of hydrogen-bond donors (Lipinski definition) is 1. The summed E-state index contributed by atoms with van der Waals surface area (Å²) in [7, 11) is 0. The lowest BCUT2D eigenvalue weighted by molar-refractivity contribution is 0.0198. The molecule has 0 saturated carbocycles. The summed E-state index contributed by atoms with van der Waals surface area (Å²) >= 11 is 0. The van der Waals surface area contributed by atoms with Crippen molar-refractivity contribution >= 4 is 22.9 Å². The van der Waals surface area contributed by atoms with Crippen LogP contribution in [0.25, 0.3) is 16.6 Å². The molecule has 1 N–H and O–H groups in total. The van der Waals surface area contributed by atoms with E-state index < -0.39 is 5.60 Å². The Kier molecular flexibility index (Phi) is 6.40. The lowest BCUT2D eigenvalue weighted by atomic mass is 9.91. The van der Waals surface area contributed by atoms with Crippen LogP contribution >= 0.6 is 0 Å². The smallest absolute Gasteiger partial charge is 0.410 e. The third-order valence-corrected chi connectivity index (χ3v) is 5.82. The normalized spacial score (nSPS) is 16.6. The van der Waals surface area contributed by atoms with E-state index in [1.165, 1.54) is 5.56 Å². The molecule has 3 aromatic rings. The average molecular weight is 449 g/mol. The molecule has 2 heterocycles. The Labute approximate surface area is 194 Å². The minimum Gasteiger partial charge on any atom is -0.444 e. The topological polar surface area (TPSA) is 76.5 Å². The number of ether oxygens (including phenoxy) is 1. The van der Waals surface area contributed by atoms with Crippen molar-refractivity contribution in [1.29, 1.82) is 0 Å². The van der Waals surface area contributed by atoms with Crippen LogP contribution in [0.5, 0.6) is 0 Å². The second-order valence-corrected chi connectivity index (χ2v) is 9.53. The van der Waals surface area contributed by atoms with Gasteiger partial charge in [0, 0.05) is 37.1 Å². The Morgan fingerprint density at radius 3 is 2.61 bits per heavy atom. The second-order valence-electron chi connectivity index (χ2n) is 9.53. The van der Waals surface area contributed by atoms with Gasteiger partial charge in [0.2, 0.25) is 0 Å². The third kappa shape index (κ3) is 5.18. The molecule has 7 nitrogen and oxygen atoms in total. The molecule has 1 aromatic heterocycles. The van der Waals surface area contributed by atoms with Gasteiger partial charge in [-0.3, -0.25) is 4.79 Å². The van der Waals surface area contributed by atoms with Crippen molar-refractivity contribution < 1.29 is 14.3 Å². The molecule has 7 heteroatoms. The van der Waals surface area contributed by atoms with E-state index in [-0.39, 0.29) is 17.9 Å². The molecule has 2 aromatic carbocycles. The van der Waals surface area contributed by atoms with E-state index >= 15 is 0 Å². The molecule has 0 spiro atoms. The van der Waals surface area contributed by atoms with E-state index in [0.717, 1.165) is 30.5 Å². The maximum Gasteiger partial charge on any atom is 0.410 e. The highest BCUT2D eigenvalue weighted by molar-refractivity contribution is 6.05. The number of nitrogens with zero attached hydrogens (tertiary/aromatic N) is 3. The van der Waals surface area contributed by atoms with Crippen LogP contribution in [0.1, 0.15) is 62.4 Å². The predicted molar refractivity (Wildman–Crippen MR) is 129 cm³/mol. The quantitative estimate of drug-likeness (QED) is 0.617. The largest absolute Gasteiger partial charge is 0.444 e. The summed E-state index contributed by atoms with van der Waals surface area (Å²) in [6.45, 7) is 9.54. The maximum absolute atomic E-state index is 12.5.